The molecule has 0 spiro atoms. The molecule has 0 bridgehead atoms. The summed E-state index contributed by atoms with van der Waals surface area (Å²) in [4.78, 5) is 0. The monoisotopic (exact) mass is 249 g/mol. The fraction of sp³-hybridized carbons (Fsp3) is 0.714. The summed E-state index contributed by atoms with van der Waals surface area (Å²) in [6, 6.07) is 3.93. The van der Waals surface area contributed by atoms with Crippen LogP contribution in [0.5, 0.6) is 5.88 Å². The van der Waals surface area contributed by atoms with E-state index in [-0.39, 0.29) is 0 Å². The van der Waals surface area contributed by atoms with E-state index in [9.17, 15) is 0 Å². The Morgan fingerprint density at radius 1 is 1.22 bits per heavy atom. The highest BCUT2D eigenvalue weighted by Gasteiger charge is 2.15. The van der Waals surface area contributed by atoms with E-state index in [1.807, 2.05) is 12.1 Å². The predicted molar refractivity (Wildman–Crippen MR) is 71.5 cm³/mol. The Kier molecular flexibility index (Phi) is 5.39. The van der Waals surface area contributed by atoms with E-state index in [0.29, 0.717) is 12.0 Å². The fourth-order valence-electron chi connectivity index (χ4n) is 2.25. The van der Waals surface area contributed by atoms with Gasteiger partial charge >= 0.3 is 0 Å². The molecule has 1 aliphatic rings. The van der Waals surface area contributed by atoms with Crippen LogP contribution < -0.4 is 10.1 Å². The SMILES string of the molecule is CCCNCc1ccc(OC2CCCCC2)nn1. The highest BCUT2D eigenvalue weighted by Crippen LogP contribution is 2.21. The van der Waals surface area contributed by atoms with E-state index < -0.39 is 0 Å². The van der Waals surface area contributed by atoms with E-state index in [1.54, 1.807) is 0 Å². The predicted octanol–water partition coefficient (Wildman–Crippen LogP) is 2.69. The van der Waals surface area contributed by atoms with Crippen molar-refractivity contribution in [2.45, 2.75) is 58.1 Å². The quantitative estimate of drug-likeness (QED) is 0.787. The molecule has 18 heavy (non-hydrogen) atoms. The lowest BCUT2D eigenvalue weighted by molar-refractivity contribution is 0.147. The largest absolute Gasteiger partial charge is 0.473 e. The Balaban J connectivity index is 1.79. The van der Waals surface area contributed by atoms with Gasteiger partial charge in [-0.05, 0) is 44.7 Å². The van der Waals surface area contributed by atoms with Crippen LogP contribution in [0.1, 0.15) is 51.1 Å². The molecule has 0 unspecified atom stereocenters. The van der Waals surface area contributed by atoms with E-state index in [2.05, 4.69) is 22.4 Å². The molecular weight excluding hydrogens is 226 g/mol. The van der Waals surface area contributed by atoms with Crippen LogP contribution in [0.3, 0.4) is 0 Å². The number of nitrogens with zero attached hydrogens (tertiary/aromatic N) is 2. The summed E-state index contributed by atoms with van der Waals surface area (Å²) in [6.07, 6.45) is 7.68. The molecule has 1 N–H and O–H groups in total. The van der Waals surface area contributed by atoms with Crippen molar-refractivity contribution in [3.8, 4) is 5.88 Å². The summed E-state index contributed by atoms with van der Waals surface area (Å²) in [5, 5.41) is 11.6. The third kappa shape index (κ3) is 4.26. The summed E-state index contributed by atoms with van der Waals surface area (Å²) in [5.74, 6) is 0.668. The lowest BCUT2D eigenvalue weighted by Gasteiger charge is -2.21. The molecule has 0 atom stereocenters. The standard InChI is InChI=1S/C14H23N3O/c1-2-10-15-11-12-8-9-14(17-16-12)18-13-6-4-3-5-7-13/h8-9,13,15H,2-7,10-11H2,1H3. The molecule has 2 rings (SSSR count). The molecule has 1 aromatic heterocycles. The molecule has 4 nitrogen and oxygen atoms in total. The number of nitrogens with one attached hydrogen (secondary N) is 1. The second-order valence-corrected chi connectivity index (χ2v) is 4.92. The number of hydrogen-bond donors (Lipinski definition) is 1. The van der Waals surface area contributed by atoms with Crippen LogP contribution in [-0.4, -0.2) is 22.8 Å². The smallest absolute Gasteiger partial charge is 0.233 e. The van der Waals surface area contributed by atoms with Gasteiger partial charge in [-0.15, -0.1) is 5.10 Å². The lowest BCUT2D eigenvalue weighted by Crippen LogP contribution is -2.20. The van der Waals surface area contributed by atoms with Gasteiger partial charge < -0.3 is 10.1 Å². The zero-order chi connectivity index (χ0) is 12.6. The van der Waals surface area contributed by atoms with E-state index >= 15 is 0 Å². The number of hydrogen-bond acceptors (Lipinski definition) is 4. The Hall–Kier alpha value is -1.16. The number of rotatable bonds is 6. The Bertz CT molecular complexity index is 333. The van der Waals surface area contributed by atoms with E-state index in [0.717, 1.165) is 38.0 Å². The third-order valence-corrected chi connectivity index (χ3v) is 3.27. The minimum atomic E-state index is 0.345. The summed E-state index contributed by atoms with van der Waals surface area (Å²) < 4.78 is 5.84. The van der Waals surface area contributed by atoms with Gasteiger partial charge in [-0.2, -0.15) is 5.10 Å². The average Bonchev–Trinajstić information content (AvgIpc) is 2.42. The van der Waals surface area contributed by atoms with Crippen molar-refractivity contribution in [1.29, 1.82) is 0 Å². The molecule has 0 amide bonds. The molecular formula is C14H23N3O. The summed E-state index contributed by atoms with van der Waals surface area (Å²) in [6.45, 7) is 3.95. The summed E-state index contributed by atoms with van der Waals surface area (Å²) in [5.41, 5.74) is 0.972. The Morgan fingerprint density at radius 3 is 2.72 bits per heavy atom. The van der Waals surface area contributed by atoms with Crippen LogP contribution in [0.4, 0.5) is 0 Å². The second kappa shape index (κ2) is 7.31. The van der Waals surface area contributed by atoms with Gasteiger partial charge in [0, 0.05) is 12.6 Å². The first-order valence-corrected chi connectivity index (χ1v) is 7.08. The number of ether oxygens (including phenoxy) is 1. The van der Waals surface area contributed by atoms with E-state index in [1.165, 1.54) is 19.3 Å². The molecule has 0 saturated heterocycles. The summed E-state index contributed by atoms with van der Waals surface area (Å²) >= 11 is 0. The maximum atomic E-state index is 5.84. The highest BCUT2D eigenvalue weighted by molar-refractivity contribution is 5.11. The van der Waals surface area contributed by atoms with Gasteiger partial charge in [0.05, 0.1) is 5.69 Å². The molecule has 4 heteroatoms. The van der Waals surface area contributed by atoms with Crippen LogP contribution in [0.25, 0.3) is 0 Å². The average molecular weight is 249 g/mol. The van der Waals surface area contributed by atoms with Crippen LogP contribution >= 0.6 is 0 Å². The normalized spacial score (nSPS) is 16.7. The minimum Gasteiger partial charge on any atom is -0.473 e. The van der Waals surface area contributed by atoms with Crippen molar-refractivity contribution in [2.75, 3.05) is 6.54 Å². The lowest BCUT2D eigenvalue weighted by atomic mass is 9.98. The molecule has 1 fully saturated rings. The first-order valence-electron chi connectivity index (χ1n) is 7.08. The van der Waals surface area contributed by atoms with Crippen LogP contribution in [0.2, 0.25) is 0 Å². The maximum absolute atomic E-state index is 5.84. The van der Waals surface area contributed by atoms with Crippen molar-refractivity contribution in [3.05, 3.63) is 17.8 Å². The van der Waals surface area contributed by atoms with Gasteiger partial charge in [0.1, 0.15) is 6.10 Å². The third-order valence-electron chi connectivity index (χ3n) is 3.27. The van der Waals surface area contributed by atoms with Crippen LogP contribution in [0.15, 0.2) is 12.1 Å². The Morgan fingerprint density at radius 2 is 2.06 bits per heavy atom. The van der Waals surface area contributed by atoms with Gasteiger partial charge in [-0.1, -0.05) is 13.3 Å². The van der Waals surface area contributed by atoms with Crippen molar-refractivity contribution in [2.24, 2.45) is 0 Å². The maximum Gasteiger partial charge on any atom is 0.233 e. The number of aromatic nitrogens is 2. The van der Waals surface area contributed by atoms with Gasteiger partial charge in [0.2, 0.25) is 5.88 Å². The molecule has 1 heterocycles. The van der Waals surface area contributed by atoms with Crippen molar-refractivity contribution in [3.63, 3.8) is 0 Å². The fourth-order valence-corrected chi connectivity index (χ4v) is 2.25. The first kappa shape index (κ1) is 13.3. The van der Waals surface area contributed by atoms with Gasteiger partial charge in [0.25, 0.3) is 0 Å². The van der Waals surface area contributed by atoms with Crippen molar-refractivity contribution >= 4 is 0 Å². The first-order chi connectivity index (χ1) is 8.88. The second-order valence-electron chi connectivity index (χ2n) is 4.92. The van der Waals surface area contributed by atoms with Gasteiger partial charge in [-0.3, -0.25) is 0 Å². The van der Waals surface area contributed by atoms with Crippen LogP contribution in [0, 0.1) is 0 Å². The molecule has 0 aromatic carbocycles. The molecule has 0 radical (unpaired) electrons. The van der Waals surface area contributed by atoms with E-state index in [4.69, 9.17) is 4.74 Å². The molecule has 1 aliphatic carbocycles. The van der Waals surface area contributed by atoms with Crippen molar-refractivity contribution in [1.82, 2.24) is 15.5 Å². The zero-order valence-corrected chi connectivity index (χ0v) is 11.2. The van der Waals surface area contributed by atoms with Gasteiger partial charge in [0.15, 0.2) is 0 Å². The molecule has 0 aliphatic heterocycles. The highest BCUT2D eigenvalue weighted by atomic mass is 16.5. The minimum absolute atomic E-state index is 0.345. The van der Waals surface area contributed by atoms with Crippen molar-refractivity contribution < 1.29 is 4.74 Å². The Labute approximate surface area is 109 Å². The zero-order valence-electron chi connectivity index (χ0n) is 11.2. The molecule has 1 saturated carbocycles. The summed E-state index contributed by atoms with van der Waals surface area (Å²) in [7, 11) is 0. The molecule has 1 aromatic rings. The molecule has 100 valence electrons. The van der Waals surface area contributed by atoms with Gasteiger partial charge in [-0.25, -0.2) is 0 Å². The van der Waals surface area contributed by atoms with Crippen LogP contribution in [-0.2, 0) is 6.54 Å². The topological polar surface area (TPSA) is 47.0 Å².